The number of thiophene rings is 1. The Morgan fingerprint density at radius 1 is 0.829 bits per heavy atom. The number of nitrogens with one attached hydrogen (secondary N) is 2. The molecule has 5 rings (SSSR count). The lowest BCUT2D eigenvalue weighted by Crippen LogP contribution is -2.13. The first-order valence-corrected chi connectivity index (χ1v) is 11.4. The van der Waals surface area contributed by atoms with Crippen molar-refractivity contribution in [3.05, 3.63) is 101 Å². The summed E-state index contributed by atoms with van der Waals surface area (Å²) in [6, 6.07) is 22.7. The number of amides is 1. The fraction of sp³-hybridized carbons (Fsp3) is 0.0385. The molecule has 0 fully saturated rings. The maximum absolute atomic E-state index is 13.0. The monoisotopic (exact) mass is 490 g/mol. The predicted molar refractivity (Wildman–Crippen MR) is 132 cm³/mol. The second-order valence-electron chi connectivity index (χ2n) is 7.63. The molecule has 3 aromatic carbocycles. The molecule has 174 valence electrons. The van der Waals surface area contributed by atoms with Gasteiger partial charge in [0.15, 0.2) is 5.82 Å². The highest BCUT2D eigenvalue weighted by Gasteiger charge is 2.30. The van der Waals surface area contributed by atoms with Crippen LogP contribution in [0.15, 0.2) is 90.3 Å². The number of benzene rings is 3. The van der Waals surface area contributed by atoms with Gasteiger partial charge in [0.1, 0.15) is 5.82 Å². The molecule has 0 unspecified atom stereocenters. The quantitative estimate of drug-likeness (QED) is 0.270. The SMILES string of the molecule is O=C(Nc1cccc(C(F)(F)F)c1)c1cccc(Nc2nc(-c3cccs3)nc3ccccc23)c1. The van der Waals surface area contributed by atoms with Gasteiger partial charge in [0.2, 0.25) is 0 Å². The van der Waals surface area contributed by atoms with Crippen LogP contribution in [0.3, 0.4) is 0 Å². The van der Waals surface area contributed by atoms with Gasteiger partial charge in [-0.2, -0.15) is 13.2 Å². The highest BCUT2D eigenvalue weighted by atomic mass is 32.1. The van der Waals surface area contributed by atoms with Crippen LogP contribution in [-0.2, 0) is 6.18 Å². The summed E-state index contributed by atoms with van der Waals surface area (Å²) < 4.78 is 39.0. The topological polar surface area (TPSA) is 66.9 Å². The lowest BCUT2D eigenvalue weighted by Gasteiger charge is -2.12. The van der Waals surface area contributed by atoms with Crippen molar-refractivity contribution in [2.24, 2.45) is 0 Å². The van der Waals surface area contributed by atoms with Crippen LogP contribution in [0.25, 0.3) is 21.6 Å². The molecule has 0 spiro atoms. The van der Waals surface area contributed by atoms with E-state index in [-0.39, 0.29) is 11.3 Å². The lowest BCUT2D eigenvalue weighted by molar-refractivity contribution is -0.137. The van der Waals surface area contributed by atoms with Crippen LogP contribution in [-0.4, -0.2) is 15.9 Å². The summed E-state index contributed by atoms with van der Waals surface area (Å²) >= 11 is 1.53. The zero-order valence-corrected chi connectivity index (χ0v) is 18.8. The van der Waals surface area contributed by atoms with Gasteiger partial charge < -0.3 is 10.6 Å². The van der Waals surface area contributed by atoms with Gasteiger partial charge in [-0.05, 0) is 60.0 Å². The maximum Gasteiger partial charge on any atom is 0.416 e. The molecule has 9 heteroatoms. The van der Waals surface area contributed by atoms with Crippen molar-refractivity contribution in [3.63, 3.8) is 0 Å². The van der Waals surface area contributed by atoms with E-state index in [1.807, 2.05) is 41.8 Å². The van der Waals surface area contributed by atoms with Crippen molar-refractivity contribution < 1.29 is 18.0 Å². The minimum atomic E-state index is -4.49. The minimum absolute atomic E-state index is 0.0607. The Morgan fingerprint density at radius 2 is 1.63 bits per heavy atom. The van der Waals surface area contributed by atoms with Crippen LogP contribution in [0.2, 0.25) is 0 Å². The zero-order chi connectivity index (χ0) is 24.4. The highest BCUT2D eigenvalue weighted by Crippen LogP contribution is 2.31. The molecule has 5 aromatic rings. The van der Waals surface area contributed by atoms with Gasteiger partial charge in [0.05, 0.1) is 16.0 Å². The lowest BCUT2D eigenvalue weighted by atomic mass is 10.1. The van der Waals surface area contributed by atoms with Crippen molar-refractivity contribution in [1.29, 1.82) is 0 Å². The van der Waals surface area contributed by atoms with Gasteiger partial charge in [-0.1, -0.05) is 30.3 Å². The second-order valence-corrected chi connectivity index (χ2v) is 8.58. The number of halogens is 3. The van der Waals surface area contributed by atoms with Crippen LogP contribution in [0.4, 0.5) is 30.4 Å². The normalized spacial score (nSPS) is 11.4. The first-order valence-electron chi connectivity index (χ1n) is 10.5. The number of hydrogen-bond donors (Lipinski definition) is 2. The molecule has 0 bridgehead atoms. The molecule has 0 aliphatic carbocycles. The number of para-hydroxylation sites is 1. The Morgan fingerprint density at radius 3 is 2.43 bits per heavy atom. The summed E-state index contributed by atoms with van der Waals surface area (Å²) in [7, 11) is 0. The predicted octanol–water partition coefficient (Wildman–Crippen LogP) is 7.37. The third kappa shape index (κ3) is 4.99. The summed E-state index contributed by atoms with van der Waals surface area (Å²) in [6.45, 7) is 0. The zero-order valence-electron chi connectivity index (χ0n) is 18.0. The van der Waals surface area contributed by atoms with Crippen LogP contribution >= 0.6 is 11.3 Å². The Bertz CT molecular complexity index is 1520. The van der Waals surface area contributed by atoms with E-state index in [1.54, 1.807) is 24.3 Å². The summed E-state index contributed by atoms with van der Waals surface area (Å²) in [4.78, 5) is 23.0. The van der Waals surface area contributed by atoms with Crippen molar-refractivity contribution in [1.82, 2.24) is 9.97 Å². The maximum atomic E-state index is 13.0. The number of aromatic nitrogens is 2. The van der Waals surface area contributed by atoms with Crippen molar-refractivity contribution in [2.75, 3.05) is 10.6 Å². The molecule has 2 N–H and O–H groups in total. The molecule has 2 heterocycles. The number of alkyl halides is 3. The number of anilines is 3. The molecule has 0 aliphatic rings. The number of rotatable bonds is 5. The molecule has 0 saturated carbocycles. The molecule has 5 nitrogen and oxygen atoms in total. The summed E-state index contributed by atoms with van der Waals surface area (Å²) in [5.74, 6) is 0.633. The second kappa shape index (κ2) is 9.19. The van der Waals surface area contributed by atoms with E-state index in [4.69, 9.17) is 4.98 Å². The van der Waals surface area contributed by atoms with E-state index in [9.17, 15) is 18.0 Å². The third-order valence-corrected chi connectivity index (χ3v) is 6.05. The molecule has 0 radical (unpaired) electrons. The third-order valence-electron chi connectivity index (χ3n) is 5.18. The van der Waals surface area contributed by atoms with Gasteiger partial charge in [-0.15, -0.1) is 11.3 Å². The molecule has 2 aromatic heterocycles. The average molecular weight is 491 g/mol. The fourth-order valence-corrected chi connectivity index (χ4v) is 4.20. The fourth-order valence-electron chi connectivity index (χ4n) is 3.54. The molecule has 0 atom stereocenters. The molecule has 0 aliphatic heterocycles. The Labute approximate surface area is 202 Å². The number of hydrogen-bond acceptors (Lipinski definition) is 5. The Balaban J connectivity index is 1.43. The number of fused-ring (bicyclic) bond motifs is 1. The van der Waals surface area contributed by atoms with Crippen molar-refractivity contribution >= 4 is 45.3 Å². The van der Waals surface area contributed by atoms with Gasteiger partial charge in [-0.25, -0.2) is 9.97 Å². The Hall–Kier alpha value is -4.24. The minimum Gasteiger partial charge on any atom is -0.340 e. The Kier molecular flexibility index (Phi) is 5.92. The largest absolute Gasteiger partial charge is 0.416 e. The van der Waals surface area contributed by atoms with E-state index in [1.165, 1.54) is 23.5 Å². The summed E-state index contributed by atoms with van der Waals surface area (Å²) in [6.07, 6.45) is -4.49. The molecule has 0 saturated heterocycles. The van der Waals surface area contributed by atoms with Crippen LogP contribution in [0.1, 0.15) is 15.9 Å². The molecule has 35 heavy (non-hydrogen) atoms. The van der Waals surface area contributed by atoms with Gasteiger partial charge in [0, 0.05) is 22.3 Å². The van der Waals surface area contributed by atoms with E-state index in [0.717, 1.165) is 27.9 Å². The van der Waals surface area contributed by atoms with E-state index < -0.39 is 17.6 Å². The number of carbonyl (C=O) groups excluding carboxylic acids is 1. The van der Waals surface area contributed by atoms with E-state index in [0.29, 0.717) is 17.3 Å². The first kappa shape index (κ1) is 22.5. The van der Waals surface area contributed by atoms with E-state index >= 15 is 0 Å². The van der Waals surface area contributed by atoms with Crippen LogP contribution < -0.4 is 10.6 Å². The number of carbonyl (C=O) groups is 1. The van der Waals surface area contributed by atoms with Crippen molar-refractivity contribution in [2.45, 2.75) is 6.18 Å². The van der Waals surface area contributed by atoms with Crippen LogP contribution in [0, 0.1) is 0 Å². The smallest absolute Gasteiger partial charge is 0.340 e. The highest BCUT2D eigenvalue weighted by molar-refractivity contribution is 7.13. The van der Waals surface area contributed by atoms with E-state index in [2.05, 4.69) is 15.6 Å². The average Bonchev–Trinajstić information content (AvgIpc) is 3.39. The van der Waals surface area contributed by atoms with Gasteiger partial charge in [0.25, 0.3) is 5.91 Å². The summed E-state index contributed by atoms with van der Waals surface area (Å²) in [5, 5.41) is 8.55. The molecular weight excluding hydrogens is 473 g/mol. The molecular formula is C26H17F3N4OS. The van der Waals surface area contributed by atoms with Crippen molar-refractivity contribution in [3.8, 4) is 10.7 Å². The first-order chi connectivity index (χ1) is 16.9. The molecule has 1 amide bonds. The van der Waals surface area contributed by atoms with Gasteiger partial charge in [-0.3, -0.25) is 4.79 Å². The standard InChI is InChI=1S/C26H17F3N4OS/c27-26(28,29)17-7-4-9-19(15-17)31-25(34)16-6-3-8-18(14-16)30-23-20-10-1-2-11-21(20)32-24(33-23)22-12-5-13-35-22/h1-15H,(H,31,34)(H,30,32,33). The summed E-state index contributed by atoms with van der Waals surface area (Å²) in [5.41, 5.74) is 0.882. The van der Waals surface area contributed by atoms with Crippen LogP contribution in [0.5, 0.6) is 0 Å². The number of nitrogens with zero attached hydrogens (tertiary/aromatic N) is 2. The van der Waals surface area contributed by atoms with Gasteiger partial charge >= 0.3 is 6.18 Å².